The highest BCUT2D eigenvalue weighted by Gasteiger charge is 1.72. The van der Waals surface area contributed by atoms with Gasteiger partial charge in [-0.1, -0.05) is 36.0 Å². The smallest absolute Gasteiger partial charge is 0.0313 e. The molecular weight excluding hydrogens is 108 g/mol. The van der Waals surface area contributed by atoms with Gasteiger partial charge in [0, 0.05) is 0 Å². The Labute approximate surface area is 57.6 Å². The van der Waals surface area contributed by atoms with Crippen LogP contribution < -0.4 is 0 Å². The van der Waals surface area contributed by atoms with Gasteiger partial charge in [-0.05, 0) is 20.8 Å². The average Bonchev–Trinajstić information content (AvgIpc) is 1.85. The lowest BCUT2D eigenvalue weighted by Gasteiger charge is -1.83. The molecule has 0 unspecified atom stereocenters. The summed E-state index contributed by atoms with van der Waals surface area (Å²) < 4.78 is 0. The Bertz CT molecular complexity index is 136. The van der Waals surface area contributed by atoms with Crippen LogP contribution in [-0.4, -0.2) is 0 Å². The first kappa shape index (κ1) is 8.22. The highest BCUT2D eigenvalue weighted by atomic mass is 13.8. The van der Waals surface area contributed by atoms with Gasteiger partial charge in [-0.3, -0.25) is 0 Å². The molecule has 0 atom stereocenters. The van der Waals surface area contributed by atoms with E-state index in [-0.39, 0.29) is 0 Å². The van der Waals surface area contributed by atoms with E-state index in [1.54, 1.807) is 6.08 Å². The van der Waals surface area contributed by atoms with E-state index < -0.39 is 0 Å². The largest absolute Gasteiger partial charge is 0.0877 e. The van der Waals surface area contributed by atoms with Gasteiger partial charge in [-0.15, -0.1) is 0 Å². The second-order valence-electron chi connectivity index (χ2n) is 1.84. The molecule has 0 aliphatic carbocycles. The minimum atomic E-state index is 1.23. The van der Waals surface area contributed by atoms with Crippen LogP contribution in [-0.2, 0) is 0 Å². The Morgan fingerprint density at radius 1 is 1.44 bits per heavy atom. The molecule has 0 nitrogen and oxygen atoms in total. The topological polar surface area (TPSA) is 0 Å². The van der Waals surface area contributed by atoms with Crippen LogP contribution >= 0.6 is 0 Å². The minimum Gasteiger partial charge on any atom is -0.0877 e. The Hall–Kier alpha value is -0.780. The fourth-order valence-electron chi connectivity index (χ4n) is 0.489. The van der Waals surface area contributed by atoms with Gasteiger partial charge in [0.1, 0.15) is 0 Å². The summed E-state index contributed by atoms with van der Waals surface area (Å²) in [6.07, 6.45) is 9.81. The van der Waals surface area contributed by atoms with Crippen LogP contribution in [0.2, 0.25) is 0 Å². The molecule has 0 amide bonds. The average molecular weight is 121 g/mol. The summed E-state index contributed by atoms with van der Waals surface area (Å²) in [5.41, 5.74) is 1.23. The van der Waals surface area contributed by atoms with Gasteiger partial charge in [0.15, 0.2) is 0 Å². The van der Waals surface area contributed by atoms with Gasteiger partial charge < -0.3 is 0 Å². The quantitative estimate of drug-likeness (QED) is 0.493. The van der Waals surface area contributed by atoms with E-state index >= 15 is 0 Å². The lowest BCUT2D eigenvalue weighted by Crippen LogP contribution is -1.62. The molecule has 49 valence electrons. The SMILES string of the molecule is [CH2]C=CC(C)=CC=CC. The van der Waals surface area contributed by atoms with Crippen molar-refractivity contribution < 1.29 is 0 Å². The van der Waals surface area contributed by atoms with Gasteiger partial charge in [0.05, 0.1) is 0 Å². The van der Waals surface area contributed by atoms with Gasteiger partial charge >= 0.3 is 0 Å². The van der Waals surface area contributed by atoms with Crippen molar-refractivity contribution >= 4 is 0 Å². The summed E-state index contributed by atoms with van der Waals surface area (Å²) in [6.45, 7) is 7.63. The number of hydrogen-bond acceptors (Lipinski definition) is 0. The van der Waals surface area contributed by atoms with Crippen LogP contribution in [0.25, 0.3) is 0 Å². The van der Waals surface area contributed by atoms with Crippen LogP contribution in [0.1, 0.15) is 13.8 Å². The monoisotopic (exact) mass is 121 g/mol. The number of allylic oxidation sites excluding steroid dienone is 6. The lowest BCUT2D eigenvalue weighted by atomic mass is 10.2. The summed E-state index contributed by atoms with van der Waals surface area (Å²) in [4.78, 5) is 0. The van der Waals surface area contributed by atoms with Gasteiger partial charge in [-0.25, -0.2) is 0 Å². The molecule has 0 heterocycles. The van der Waals surface area contributed by atoms with Crippen molar-refractivity contribution in [2.45, 2.75) is 13.8 Å². The maximum atomic E-state index is 3.59. The Morgan fingerprint density at radius 3 is 2.56 bits per heavy atom. The predicted molar refractivity (Wildman–Crippen MR) is 43.1 cm³/mol. The zero-order valence-electron chi connectivity index (χ0n) is 6.09. The maximum absolute atomic E-state index is 3.59. The van der Waals surface area contributed by atoms with Crippen molar-refractivity contribution in [1.82, 2.24) is 0 Å². The van der Waals surface area contributed by atoms with Gasteiger partial charge in [0.25, 0.3) is 0 Å². The molecule has 0 aromatic heterocycles. The van der Waals surface area contributed by atoms with E-state index in [1.807, 2.05) is 38.2 Å². The molecule has 9 heavy (non-hydrogen) atoms. The summed E-state index contributed by atoms with van der Waals surface area (Å²) in [6, 6.07) is 0. The van der Waals surface area contributed by atoms with Crippen LogP contribution in [0.15, 0.2) is 36.0 Å². The summed E-state index contributed by atoms with van der Waals surface area (Å²) >= 11 is 0. The third-order valence-electron chi connectivity index (χ3n) is 0.932. The van der Waals surface area contributed by atoms with Gasteiger partial charge in [0.2, 0.25) is 0 Å². The third-order valence-corrected chi connectivity index (χ3v) is 0.932. The third kappa shape index (κ3) is 5.09. The van der Waals surface area contributed by atoms with Crippen molar-refractivity contribution in [2.75, 3.05) is 0 Å². The van der Waals surface area contributed by atoms with E-state index in [4.69, 9.17) is 0 Å². The Kier molecular flexibility index (Phi) is 4.89. The number of hydrogen-bond donors (Lipinski definition) is 0. The van der Waals surface area contributed by atoms with Crippen molar-refractivity contribution in [1.29, 1.82) is 0 Å². The molecule has 0 rings (SSSR count). The van der Waals surface area contributed by atoms with E-state index in [2.05, 4.69) is 6.92 Å². The van der Waals surface area contributed by atoms with Crippen LogP contribution in [0.3, 0.4) is 0 Å². The number of rotatable bonds is 2. The molecule has 0 fully saturated rings. The van der Waals surface area contributed by atoms with Crippen LogP contribution in [0.5, 0.6) is 0 Å². The summed E-state index contributed by atoms with van der Waals surface area (Å²) in [5.74, 6) is 0. The first-order valence-electron chi connectivity index (χ1n) is 3.06. The fraction of sp³-hybridized carbons (Fsp3) is 0.222. The van der Waals surface area contributed by atoms with E-state index in [9.17, 15) is 0 Å². The Balaban J connectivity index is 3.84. The predicted octanol–water partition coefficient (Wildman–Crippen LogP) is 2.90. The summed E-state index contributed by atoms with van der Waals surface area (Å²) in [5, 5.41) is 0. The second kappa shape index (κ2) is 5.36. The minimum absolute atomic E-state index is 1.23. The van der Waals surface area contributed by atoms with Crippen LogP contribution in [0.4, 0.5) is 0 Å². The first-order valence-corrected chi connectivity index (χ1v) is 3.06. The molecule has 0 saturated carbocycles. The highest BCUT2D eigenvalue weighted by Crippen LogP contribution is 1.93. The van der Waals surface area contributed by atoms with Crippen molar-refractivity contribution in [3.8, 4) is 0 Å². The standard InChI is InChI=1S/C9H13/c1-4-6-8-9(3)7-5-2/h4-8H,2H2,1,3H3. The van der Waals surface area contributed by atoms with Crippen molar-refractivity contribution in [3.63, 3.8) is 0 Å². The zero-order valence-corrected chi connectivity index (χ0v) is 6.09. The molecule has 0 aromatic rings. The van der Waals surface area contributed by atoms with Crippen molar-refractivity contribution in [3.05, 3.63) is 42.9 Å². The summed E-state index contributed by atoms with van der Waals surface area (Å²) in [7, 11) is 0. The molecule has 0 aromatic carbocycles. The molecule has 0 bridgehead atoms. The molecule has 0 aliphatic rings. The van der Waals surface area contributed by atoms with E-state index in [0.29, 0.717) is 0 Å². The molecule has 0 aliphatic heterocycles. The van der Waals surface area contributed by atoms with Crippen molar-refractivity contribution in [2.24, 2.45) is 0 Å². The highest BCUT2D eigenvalue weighted by molar-refractivity contribution is 5.21. The fourth-order valence-corrected chi connectivity index (χ4v) is 0.489. The molecule has 0 heteroatoms. The first-order chi connectivity index (χ1) is 4.31. The maximum Gasteiger partial charge on any atom is -0.0313 e. The van der Waals surface area contributed by atoms with Crippen LogP contribution in [0, 0.1) is 6.92 Å². The second-order valence-corrected chi connectivity index (χ2v) is 1.84. The van der Waals surface area contributed by atoms with E-state index in [0.717, 1.165) is 0 Å². The zero-order chi connectivity index (χ0) is 7.11. The molecule has 0 spiro atoms. The molecule has 1 radical (unpaired) electrons. The molecule has 0 saturated heterocycles. The molecule has 0 N–H and O–H groups in total. The normalized spacial score (nSPS) is 13.9. The van der Waals surface area contributed by atoms with E-state index in [1.165, 1.54) is 5.57 Å². The van der Waals surface area contributed by atoms with Gasteiger partial charge in [-0.2, -0.15) is 0 Å². The molecular formula is C9H13. The Morgan fingerprint density at radius 2 is 2.11 bits per heavy atom. The lowest BCUT2D eigenvalue weighted by molar-refractivity contribution is 1.52.